The molecule has 0 aliphatic rings. The summed E-state index contributed by atoms with van der Waals surface area (Å²) >= 11 is 1.33. The van der Waals surface area contributed by atoms with Gasteiger partial charge in [-0.2, -0.15) is 0 Å². The number of aromatic carboxylic acids is 1. The third-order valence-corrected chi connectivity index (χ3v) is 4.45. The quantitative estimate of drug-likeness (QED) is 0.877. The van der Waals surface area contributed by atoms with E-state index in [4.69, 9.17) is 5.11 Å². The Morgan fingerprint density at radius 3 is 2.70 bits per heavy atom. The molecule has 2 rings (SSSR count). The van der Waals surface area contributed by atoms with E-state index in [0.29, 0.717) is 11.4 Å². The molecule has 0 aliphatic carbocycles. The number of thiophene rings is 1. The molecule has 0 spiro atoms. The average Bonchev–Trinajstić information content (AvgIpc) is 2.77. The van der Waals surface area contributed by atoms with Crippen molar-refractivity contribution in [2.45, 2.75) is 33.4 Å². The predicted octanol–water partition coefficient (Wildman–Crippen LogP) is 3.91. The molecule has 106 valence electrons. The Hall–Kier alpha value is -1.65. The van der Waals surface area contributed by atoms with Crippen molar-refractivity contribution < 1.29 is 9.90 Å². The zero-order valence-corrected chi connectivity index (χ0v) is 12.8. The van der Waals surface area contributed by atoms with E-state index in [1.165, 1.54) is 22.5 Å². The van der Waals surface area contributed by atoms with Crippen LogP contribution in [0.1, 0.15) is 44.2 Å². The number of nitrogens with one attached hydrogen (secondary N) is 1. The van der Waals surface area contributed by atoms with E-state index in [1.807, 2.05) is 6.92 Å². The molecule has 0 aliphatic heterocycles. The second-order valence-corrected chi connectivity index (χ2v) is 6.27. The predicted molar refractivity (Wildman–Crippen MR) is 82.4 cm³/mol. The average molecular weight is 289 g/mol. The summed E-state index contributed by atoms with van der Waals surface area (Å²) in [6, 6.07) is 10.4. The van der Waals surface area contributed by atoms with E-state index in [-0.39, 0.29) is 6.04 Å². The van der Waals surface area contributed by atoms with E-state index in [2.05, 4.69) is 43.4 Å². The lowest BCUT2D eigenvalue weighted by Gasteiger charge is -2.14. The van der Waals surface area contributed by atoms with Gasteiger partial charge in [-0.15, -0.1) is 11.3 Å². The summed E-state index contributed by atoms with van der Waals surface area (Å²) in [6.07, 6.45) is 0. The molecule has 20 heavy (non-hydrogen) atoms. The Kier molecular flexibility index (Phi) is 4.57. The van der Waals surface area contributed by atoms with E-state index in [9.17, 15) is 4.79 Å². The summed E-state index contributed by atoms with van der Waals surface area (Å²) in [6.45, 7) is 6.85. The third kappa shape index (κ3) is 3.46. The summed E-state index contributed by atoms with van der Waals surface area (Å²) in [4.78, 5) is 12.4. The second-order valence-electron chi connectivity index (χ2n) is 5.01. The van der Waals surface area contributed by atoms with Crippen molar-refractivity contribution in [3.63, 3.8) is 0 Å². The summed E-state index contributed by atoms with van der Waals surface area (Å²) < 4.78 is 0. The maximum atomic E-state index is 11.0. The molecule has 1 heterocycles. The monoisotopic (exact) mass is 289 g/mol. The van der Waals surface area contributed by atoms with Crippen molar-refractivity contribution in [2.24, 2.45) is 0 Å². The molecule has 2 N–H and O–H groups in total. The number of aryl methyl sites for hydroxylation is 2. The number of benzene rings is 1. The summed E-state index contributed by atoms with van der Waals surface area (Å²) in [5.41, 5.74) is 3.55. The maximum absolute atomic E-state index is 11.0. The fourth-order valence-corrected chi connectivity index (χ4v) is 3.00. The number of hydrogen-bond acceptors (Lipinski definition) is 3. The molecule has 0 fully saturated rings. The minimum atomic E-state index is -0.851. The van der Waals surface area contributed by atoms with Crippen LogP contribution in [0.5, 0.6) is 0 Å². The van der Waals surface area contributed by atoms with Gasteiger partial charge in [0, 0.05) is 17.5 Å². The normalized spacial score (nSPS) is 12.3. The molecule has 0 bridgehead atoms. The minimum absolute atomic E-state index is 0.238. The summed E-state index contributed by atoms with van der Waals surface area (Å²) in [5.74, 6) is -0.851. The van der Waals surface area contributed by atoms with Gasteiger partial charge in [0.15, 0.2) is 0 Å². The first kappa shape index (κ1) is 14.8. The number of carboxylic acids is 1. The van der Waals surface area contributed by atoms with Crippen LogP contribution in [0.15, 0.2) is 30.3 Å². The molecule has 1 atom stereocenters. The van der Waals surface area contributed by atoms with Gasteiger partial charge < -0.3 is 10.4 Å². The molecular weight excluding hydrogens is 270 g/mol. The highest BCUT2D eigenvalue weighted by atomic mass is 32.1. The van der Waals surface area contributed by atoms with Crippen molar-refractivity contribution in [3.05, 3.63) is 56.8 Å². The van der Waals surface area contributed by atoms with Crippen LogP contribution in [0.3, 0.4) is 0 Å². The number of rotatable bonds is 5. The van der Waals surface area contributed by atoms with Gasteiger partial charge in [0.25, 0.3) is 0 Å². The lowest BCUT2D eigenvalue weighted by molar-refractivity contribution is 0.0702. The topological polar surface area (TPSA) is 49.3 Å². The van der Waals surface area contributed by atoms with Gasteiger partial charge in [0.1, 0.15) is 4.88 Å². The molecule has 3 nitrogen and oxygen atoms in total. The molecule has 0 amide bonds. The van der Waals surface area contributed by atoms with Crippen LogP contribution in [-0.2, 0) is 6.54 Å². The molecule has 4 heteroatoms. The Labute approximate surface area is 123 Å². The minimum Gasteiger partial charge on any atom is -0.477 e. The van der Waals surface area contributed by atoms with Crippen LogP contribution in [0.25, 0.3) is 0 Å². The molecule has 1 aromatic heterocycles. The van der Waals surface area contributed by atoms with Crippen LogP contribution in [-0.4, -0.2) is 11.1 Å². The SMILES string of the molecule is Cc1cccc([C@H](C)NCc2cc(C(=O)O)sc2C)c1. The van der Waals surface area contributed by atoms with E-state index < -0.39 is 5.97 Å². The highest BCUT2D eigenvalue weighted by molar-refractivity contribution is 7.14. The van der Waals surface area contributed by atoms with Crippen molar-refractivity contribution in [3.8, 4) is 0 Å². The number of carboxylic acid groups (broad SMARTS) is 1. The van der Waals surface area contributed by atoms with Gasteiger partial charge in [-0.1, -0.05) is 29.8 Å². The molecule has 0 unspecified atom stereocenters. The molecule has 0 saturated heterocycles. The maximum Gasteiger partial charge on any atom is 0.345 e. The smallest absolute Gasteiger partial charge is 0.345 e. The lowest BCUT2D eigenvalue weighted by Crippen LogP contribution is -2.18. The molecular formula is C16H19NO2S. The highest BCUT2D eigenvalue weighted by Crippen LogP contribution is 2.22. The molecule has 1 aromatic carbocycles. The van der Waals surface area contributed by atoms with Crippen LogP contribution in [0, 0.1) is 13.8 Å². The van der Waals surface area contributed by atoms with Crippen LogP contribution in [0.2, 0.25) is 0 Å². The standard InChI is InChI=1S/C16H19NO2S/c1-10-5-4-6-13(7-10)11(2)17-9-14-8-15(16(18)19)20-12(14)3/h4-8,11,17H,9H2,1-3H3,(H,18,19)/t11-/m0/s1. The first-order chi connectivity index (χ1) is 9.47. The number of hydrogen-bond donors (Lipinski definition) is 2. The Bertz CT molecular complexity index is 619. The van der Waals surface area contributed by atoms with Crippen LogP contribution < -0.4 is 5.32 Å². The third-order valence-electron chi connectivity index (χ3n) is 3.37. The first-order valence-corrected chi connectivity index (χ1v) is 7.41. The Morgan fingerprint density at radius 2 is 2.10 bits per heavy atom. The van der Waals surface area contributed by atoms with E-state index >= 15 is 0 Å². The lowest BCUT2D eigenvalue weighted by atomic mass is 10.1. The van der Waals surface area contributed by atoms with Crippen LogP contribution >= 0.6 is 11.3 Å². The second kappa shape index (κ2) is 6.20. The molecule has 0 saturated carbocycles. The largest absolute Gasteiger partial charge is 0.477 e. The fourth-order valence-electron chi connectivity index (χ4n) is 2.12. The summed E-state index contributed by atoms with van der Waals surface area (Å²) in [7, 11) is 0. The van der Waals surface area contributed by atoms with Gasteiger partial charge in [0.2, 0.25) is 0 Å². The number of carbonyl (C=O) groups is 1. The van der Waals surface area contributed by atoms with Crippen molar-refractivity contribution >= 4 is 17.3 Å². The zero-order valence-electron chi connectivity index (χ0n) is 11.9. The van der Waals surface area contributed by atoms with Crippen molar-refractivity contribution in [2.75, 3.05) is 0 Å². The van der Waals surface area contributed by atoms with Crippen molar-refractivity contribution in [1.29, 1.82) is 0 Å². The van der Waals surface area contributed by atoms with Gasteiger partial charge >= 0.3 is 5.97 Å². The van der Waals surface area contributed by atoms with Crippen molar-refractivity contribution in [1.82, 2.24) is 5.32 Å². The Morgan fingerprint density at radius 1 is 1.35 bits per heavy atom. The van der Waals surface area contributed by atoms with Gasteiger partial charge in [-0.3, -0.25) is 0 Å². The molecule has 2 aromatic rings. The highest BCUT2D eigenvalue weighted by Gasteiger charge is 2.12. The zero-order chi connectivity index (χ0) is 14.7. The van der Waals surface area contributed by atoms with Gasteiger partial charge in [0.05, 0.1) is 0 Å². The Balaban J connectivity index is 2.03. The van der Waals surface area contributed by atoms with E-state index in [0.717, 1.165) is 10.4 Å². The van der Waals surface area contributed by atoms with Crippen LogP contribution in [0.4, 0.5) is 0 Å². The molecule has 0 radical (unpaired) electrons. The fraction of sp³-hybridized carbons (Fsp3) is 0.312. The first-order valence-electron chi connectivity index (χ1n) is 6.60. The van der Waals surface area contributed by atoms with E-state index in [1.54, 1.807) is 6.07 Å². The summed E-state index contributed by atoms with van der Waals surface area (Å²) in [5, 5.41) is 12.4. The van der Waals surface area contributed by atoms with Gasteiger partial charge in [-0.05, 0) is 38.0 Å². The van der Waals surface area contributed by atoms with Gasteiger partial charge in [-0.25, -0.2) is 4.79 Å².